The zero-order chi connectivity index (χ0) is 10.4. The summed E-state index contributed by atoms with van der Waals surface area (Å²) < 4.78 is 10.1. The molecule has 1 saturated heterocycles. The van der Waals surface area contributed by atoms with E-state index in [1.54, 1.807) is 0 Å². The molecule has 1 heterocycles. The van der Waals surface area contributed by atoms with Crippen LogP contribution >= 0.6 is 0 Å². The Balaban J connectivity index is 2.22. The highest BCUT2D eigenvalue weighted by Crippen LogP contribution is 2.11. The molecule has 2 unspecified atom stereocenters. The topological polar surface area (TPSA) is 47.6 Å². The van der Waals surface area contributed by atoms with Crippen LogP contribution in [0.25, 0.3) is 0 Å². The molecule has 0 spiro atoms. The fourth-order valence-electron chi connectivity index (χ4n) is 1.62. The second-order valence-corrected chi connectivity index (χ2v) is 3.53. The van der Waals surface area contributed by atoms with Crippen LogP contribution in [-0.4, -0.2) is 38.4 Å². The molecule has 0 aromatic heterocycles. The SMILES string of the molecule is CCC(NCC1CCCO1)C(=O)OC. The van der Waals surface area contributed by atoms with Gasteiger partial charge < -0.3 is 14.8 Å². The molecule has 0 bridgehead atoms. The minimum atomic E-state index is -0.191. The smallest absolute Gasteiger partial charge is 0.322 e. The Labute approximate surface area is 85.0 Å². The van der Waals surface area contributed by atoms with Gasteiger partial charge in [-0.05, 0) is 19.3 Å². The highest BCUT2D eigenvalue weighted by Gasteiger charge is 2.20. The summed E-state index contributed by atoms with van der Waals surface area (Å²) in [6.45, 7) is 3.55. The number of hydrogen-bond acceptors (Lipinski definition) is 4. The fraction of sp³-hybridized carbons (Fsp3) is 0.900. The van der Waals surface area contributed by atoms with Crippen molar-refractivity contribution >= 4 is 5.97 Å². The van der Waals surface area contributed by atoms with E-state index in [1.165, 1.54) is 7.11 Å². The Morgan fingerprint density at radius 3 is 3.00 bits per heavy atom. The number of carbonyl (C=O) groups is 1. The molecule has 1 N–H and O–H groups in total. The van der Waals surface area contributed by atoms with Crippen LogP contribution in [0.15, 0.2) is 0 Å². The molecule has 1 fully saturated rings. The minimum absolute atomic E-state index is 0.189. The largest absolute Gasteiger partial charge is 0.468 e. The third-order valence-corrected chi connectivity index (χ3v) is 2.51. The summed E-state index contributed by atoms with van der Waals surface area (Å²) in [5.74, 6) is -0.189. The fourth-order valence-corrected chi connectivity index (χ4v) is 1.62. The van der Waals surface area contributed by atoms with Gasteiger partial charge in [0.25, 0.3) is 0 Å². The number of ether oxygens (including phenoxy) is 2. The van der Waals surface area contributed by atoms with Gasteiger partial charge in [0.1, 0.15) is 6.04 Å². The van der Waals surface area contributed by atoms with E-state index < -0.39 is 0 Å². The molecular weight excluding hydrogens is 182 g/mol. The first-order chi connectivity index (χ1) is 6.77. The van der Waals surface area contributed by atoms with Crippen LogP contribution in [0.3, 0.4) is 0 Å². The number of nitrogens with one attached hydrogen (secondary N) is 1. The summed E-state index contributed by atoms with van der Waals surface area (Å²) in [6, 6.07) is -0.191. The van der Waals surface area contributed by atoms with Gasteiger partial charge in [0.15, 0.2) is 0 Å². The lowest BCUT2D eigenvalue weighted by atomic mass is 10.2. The molecule has 14 heavy (non-hydrogen) atoms. The van der Waals surface area contributed by atoms with Crippen LogP contribution in [0.4, 0.5) is 0 Å². The van der Waals surface area contributed by atoms with Gasteiger partial charge in [0.05, 0.1) is 13.2 Å². The summed E-state index contributed by atoms with van der Waals surface area (Å²) in [5.41, 5.74) is 0. The Hall–Kier alpha value is -0.610. The zero-order valence-electron chi connectivity index (χ0n) is 8.91. The van der Waals surface area contributed by atoms with E-state index in [4.69, 9.17) is 4.74 Å². The lowest BCUT2D eigenvalue weighted by Gasteiger charge is -2.17. The van der Waals surface area contributed by atoms with Gasteiger partial charge in [-0.3, -0.25) is 4.79 Å². The highest BCUT2D eigenvalue weighted by atomic mass is 16.5. The number of rotatable bonds is 5. The monoisotopic (exact) mass is 201 g/mol. The first-order valence-corrected chi connectivity index (χ1v) is 5.20. The van der Waals surface area contributed by atoms with E-state index in [0.717, 1.165) is 32.4 Å². The second kappa shape index (κ2) is 5.98. The molecule has 0 radical (unpaired) electrons. The summed E-state index contributed by atoms with van der Waals surface area (Å²) in [6.07, 6.45) is 3.24. The second-order valence-electron chi connectivity index (χ2n) is 3.53. The van der Waals surface area contributed by atoms with Crippen molar-refractivity contribution in [1.82, 2.24) is 5.32 Å². The molecule has 1 aliphatic heterocycles. The number of methoxy groups -OCH3 is 1. The van der Waals surface area contributed by atoms with Gasteiger partial charge in [-0.25, -0.2) is 0 Å². The Morgan fingerprint density at radius 2 is 2.50 bits per heavy atom. The summed E-state index contributed by atoms with van der Waals surface area (Å²) in [7, 11) is 1.42. The van der Waals surface area contributed by atoms with Gasteiger partial charge >= 0.3 is 5.97 Å². The molecule has 1 aliphatic rings. The molecule has 4 nitrogen and oxygen atoms in total. The number of carbonyl (C=O) groups excluding carboxylic acids is 1. The van der Waals surface area contributed by atoms with Crippen LogP contribution < -0.4 is 5.32 Å². The quantitative estimate of drug-likeness (QED) is 0.665. The van der Waals surface area contributed by atoms with E-state index >= 15 is 0 Å². The van der Waals surface area contributed by atoms with Crippen molar-refractivity contribution in [2.24, 2.45) is 0 Å². The lowest BCUT2D eigenvalue weighted by molar-refractivity contribution is -0.143. The number of hydrogen-bond donors (Lipinski definition) is 1. The molecule has 2 atom stereocenters. The van der Waals surface area contributed by atoms with Gasteiger partial charge in [0.2, 0.25) is 0 Å². The van der Waals surface area contributed by atoms with E-state index in [2.05, 4.69) is 10.1 Å². The summed E-state index contributed by atoms with van der Waals surface area (Å²) in [4.78, 5) is 11.2. The third-order valence-electron chi connectivity index (χ3n) is 2.51. The zero-order valence-corrected chi connectivity index (χ0v) is 8.91. The van der Waals surface area contributed by atoms with Crippen LogP contribution in [0.5, 0.6) is 0 Å². The summed E-state index contributed by atoms with van der Waals surface area (Å²) >= 11 is 0. The van der Waals surface area contributed by atoms with Gasteiger partial charge in [-0.2, -0.15) is 0 Å². The Kier molecular flexibility index (Phi) is 4.90. The van der Waals surface area contributed by atoms with Crippen LogP contribution in [0.2, 0.25) is 0 Å². The lowest BCUT2D eigenvalue weighted by Crippen LogP contribution is -2.41. The average Bonchev–Trinajstić information content (AvgIpc) is 2.71. The van der Waals surface area contributed by atoms with Gasteiger partial charge in [-0.1, -0.05) is 6.92 Å². The van der Waals surface area contributed by atoms with E-state index in [9.17, 15) is 4.79 Å². The molecular formula is C10H19NO3. The van der Waals surface area contributed by atoms with Crippen molar-refractivity contribution in [2.45, 2.75) is 38.3 Å². The maximum Gasteiger partial charge on any atom is 0.322 e. The number of esters is 1. The van der Waals surface area contributed by atoms with Crippen LogP contribution in [0.1, 0.15) is 26.2 Å². The average molecular weight is 201 g/mol. The van der Waals surface area contributed by atoms with E-state index in [1.807, 2.05) is 6.92 Å². The van der Waals surface area contributed by atoms with Crippen molar-refractivity contribution in [3.05, 3.63) is 0 Å². The standard InChI is InChI=1S/C10H19NO3/c1-3-9(10(12)13-2)11-7-8-5-4-6-14-8/h8-9,11H,3-7H2,1-2H3. The highest BCUT2D eigenvalue weighted by molar-refractivity contribution is 5.75. The maximum atomic E-state index is 11.2. The van der Waals surface area contributed by atoms with Crippen LogP contribution in [0, 0.1) is 0 Å². The normalized spacial score (nSPS) is 23.4. The molecule has 4 heteroatoms. The minimum Gasteiger partial charge on any atom is -0.468 e. The third kappa shape index (κ3) is 3.27. The molecule has 1 rings (SSSR count). The van der Waals surface area contributed by atoms with E-state index in [0.29, 0.717) is 0 Å². The van der Waals surface area contributed by atoms with Gasteiger partial charge in [-0.15, -0.1) is 0 Å². The predicted molar refractivity (Wildman–Crippen MR) is 53.1 cm³/mol. The predicted octanol–water partition coefficient (Wildman–Crippen LogP) is 0.707. The molecule has 0 aromatic carbocycles. The van der Waals surface area contributed by atoms with Gasteiger partial charge in [0, 0.05) is 13.2 Å². The van der Waals surface area contributed by atoms with Crippen molar-refractivity contribution < 1.29 is 14.3 Å². The van der Waals surface area contributed by atoms with Crippen molar-refractivity contribution in [3.63, 3.8) is 0 Å². The first-order valence-electron chi connectivity index (χ1n) is 5.20. The summed E-state index contributed by atoms with van der Waals surface area (Å²) in [5, 5.41) is 3.16. The first kappa shape index (κ1) is 11.5. The molecule has 0 amide bonds. The van der Waals surface area contributed by atoms with Crippen LogP contribution in [-0.2, 0) is 14.3 Å². The van der Waals surface area contributed by atoms with Crippen molar-refractivity contribution in [1.29, 1.82) is 0 Å². The molecule has 0 saturated carbocycles. The van der Waals surface area contributed by atoms with E-state index in [-0.39, 0.29) is 18.1 Å². The Morgan fingerprint density at radius 1 is 1.71 bits per heavy atom. The van der Waals surface area contributed by atoms with Crippen molar-refractivity contribution in [3.8, 4) is 0 Å². The Bertz CT molecular complexity index is 178. The molecule has 0 aromatic rings. The maximum absolute atomic E-state index is 11.2. The molecule has 82 valence electrons. The van der Waals surface area contributed by atoms with Crippen molar-refractivity contribution in [2.75, 3.05) is 20.3 Å². The molecule has 0 aliphatic carbocycles.